The summed E-state index contributed by atoms with van der Waals surface area (Å²) < 4.78 is 10.6. The molecule has 0 radical (unpaired) electrons. The summed E-state index contributed by atoms with van der Waals surface area (Å²) >= 11 is 1.73. The molecular formula is C19H24N2O3S. The molecule has 6 heteroatoms. The molecule has 1 aliphatic heterocycles. The number of aromatic nitrogens is 1. The maximum absolute atomic E-state index is 13.0. The number of thiazole rings is 1. The number of aryl methyl sites for hydroxylation is 1. The van der Waals surface area contributed by atoms with Crippen molar-refractivity contribution >= 4 is 17.1 Å². The van der Waals surface area contributed by atoms with Gasteiger partial charge in [0.1, 0.15) is 11.5 Å². The van der Waals surface area contributed by atoms with Crippen molar-refractivity contribution < 1.29 is 14.3 Å². The maximum atomic E-state index is 13.0. The molecule has 0 N–H and O–H groups in total. The molecule has 1 aromatic heterocycles. The summed E-state index contributed by atoms with van der Waals surface area (Å²) in [6.45, 7) is 4.70. The smallest absolute Gasteiger partial charge is 0.170 e. The fourth-order valence-corrected chi connectivity index (χ4v) is 4.17. The van der Waals surface area contributed by atoms with Crippen LogP contribution in [0.5, 0.6) is 11.5 Å². The first-order valence-corrected chi connectivity index (χ1v) is 9.32. The monoisotopic (exact) mass is 360 g/mol. The molecule has 1 fully saturated rings. The van der Waals surface area contributed by atoms with Gasteiger partial charge in [-0.1, -0.05) is 0 Å². The van der Waals surface area contributed by atoms with Crippen LogP contribution in [0.1, 0.15) is 33.1 Å². The Morgan fingerprint density at radius 3 is 2.88 bits per heavy atom. The van der Waals surface area contributed by atoms with E-state index in [4.69, 9.17) is 9.47 Å². The van der Waals surface area contributed by atoms with Crippen molar-refractivity contribution in [1.82, 2.24) is 9.88 Å². The van der Waals surface area contributed by atoms with Crippen LogP contribution >= 0.6 is 11.3 Å². The molecule has 0 saturated carbocycles. The van der Waals surface area contributed by atoms with Gasteiger partial charge in [0, 0.05) is 36.1 Å². The van der Waals surface area contributed by atoms with Gasteiger partial charge in [-0.25, -0.2) is 4.98 Å². The molecule has 25 heavy (non-hydrogen) atoms. The lowest BCUT2D eigenvalue weighted by Crippen LogP contribution is -2.38. The van der Waals surface area contributed by atoms with E-state index < -0.39 is 0 Å². The Labute approximate surface area is 152 Å². The van der Waals surface area contributed by atoms with Gasteiger partial charge in [0.25, 0.3) is 0 Å². The standard InChI is InChI=1S/C19H24N2O3S/c1-13-20-10-16(25-13)12-21-8-4-5-14(11-21)19(22)17-7-6-15(23-2)9-18(17)24-3/h6-7,9-10,14H,4-5,8,11-12H2,1-3H3/t14-/m0/s1. The van der Waals surface area contributed by atoms with Crippen LogP contribution in [0.3, 0.4) is 0 Å². The van der Waals surface area contributed by atoms with E-state index in [2.05, 4.69) is 9.88 Å². The molecule has 0 unspecified atom stereocenters. The van der Waals surface area contributed by atoms with Crippen molar-refractivity contribution in [2.75, 3.05) is 27.3 Å². The number of benzene rings is 1. The second kappa shape index (κ2) is 7.97. The lowest BCUT2D eigenvalue weighted by Gasteiger charge is -2.31. The summed E-state index contributed by atoms with van der Waals surface area (Å²) in [7, 11) is 3.20. The number of rotatable bonds is 6. The third-order valence-electron chi connectivity index (χ3n) is 4.60. The van der Waals surface area contributed by atoms with Crippen LogP contribution in [0.2, 0.25) is 0 Å². The molecule has 1 saturated heterocycles. The Morgan fingerprint density at radius 1 is 1.36 bits per heavy atom. The zero-order valence-corrected chi connectivity index (χ0v) is 15.8. The molecule has 3 rings (SSSR count). The molecule has 1 aromatic carbocycles. The fourth-order valence-electron chi connectivity index (χ4n) is 3.33. The summed E-state index contributed by atoms with van der Waals surface area (Å²) in [5.74, 6) is 1.44. The minimum Gasteiger partial charge on any atom is -0.497 e. The molecule has 2 heterocycles. The Kier molecular flexibility index (Phi) is 5.71. The number of piperidine rings is 1. The molecule has 1 aliphatic rings. The molecule has 0 aliphatic carbocycles. The average Bonchev–Trinajstić information content (AvgIpc) is 3.05. The van der Waals surface area contributed by atoms with Crippen LogP contribution in [0.15, 0.2) is 24.4 Å². The van der Waals surface area contributed by atoms with Crippen LogP contribution in [-0.2, 0) is 6.54 Å². The zero-order valence-electron chi connectivity index (χ0n) is 14.9. The Balaban J connectivity index is 1.71. The van der Waals surface area contributed by atoms with E-state index in [1.807, 2.05) is 25.3 Å². The van der Waals surface area contributed by atoms with Crippen LogP contribution < -0.4 is 9.47 Å². The summed E-state index contributed by atoms with van der Waals surface area (Å²) in [6.07, 6.45) is 3.90. The first kappa shape index (κ1) is 17.9. The van der Waals surface area contributed by atoms with E-state index in [-0.39, 0.29) is 11.7 Å². The Morgan fingerprint density at radius 2 is 2.20 bits per heavy atom. The lowest BCUT2D eigenvalue weighted by molar-refractivity contribution is 0.0809. The van der Waals surface area contributed by atoms with Crippen LogP contribution in [-0.4, -0.2) is 43.0 Å². The SMILES string of the molecule is COc1ccc(C(=O)[C@H]2CCCN(Cc3cnc(C)s3)C2)c(OC)c1. The van der Waals surface area contributed by atoms with Gasteiger partial charge in [-0.2, -0.15) is 0 Å². The predicted octanol–water partition coefficient (Wildman–Crippen LogP) is 3.56. The highest BCUT2D eigenvalue weighted by molar-refractivity contribution is 7.11. The van der Waals surface area contributed by atoms with Crippen LogP contribution in [0.25, 0.3) is 0 Å². The number of carbonyl (C=O) groups excluding carboxylic acids is 1. The Hall–Kier alpha value is -1.92. The molecular weight excluding hydrogens is 336 g/mol. The summed E-state index contributed by atoms with van der Waals surface area (Å²) in [5.41, 5.74) is 0.642. The van der Waals surface area contributed by atoms with Crippen LogP contribution in [0, 0.1) is 12.8 Å². The number of nitrogens with zero attached hydrogens (tertiary/aromatic N) is 2. The zero-order chi connectivity index (χ0) is 17.8. The number of methoxy groups -OCH3 is 2. The van der Waals surface area contributed by atoms with Gasteiger partial charge in [0.2, 0.25) is 0 Å². The highest BCUT2D eigenvalue weighted by Crippen LogP contribution is 2.30. The van der Waals surface area contributed by atoms with E-state index in [1.165, 1.54) is 4.88 Å². The van der Waals surface area contributed by atoms with Gasteiger partial charge in [-0.3, -0.25) is 9.69 Å². The van der Waals surface area contributed by atoms with Gasteiger partial charge < -0.3 is 9.47 Å². The van der Waals surface area contributed by atoms with E-state index in [0.717, 1.165) is 37.5 Å². The molecule has 0 spiro atoms. The van der Waals surface area contributed by atoms with E-state index in [0.29, 0.717) is 17.1 Å². The number of ether oxygens (including phenoxy) is 2. The second-order valence-corrected chi connectivity index (χ2v) is 7.67. The minimum absolute atomic E-state index is 0.00469. The van der Waals surface area contributed by atoms with E-state index in [1.54, 1.807) is 31.6 Å². The molecule has 1 atom stereocenters. The van der Waals surface area contributed by atoms with Crippen LogP contribution in [0.4, 0.5) is 0 Å². The number of likely N-dealkylation sites (tertiary alicyclic amines) is 1. The molecule has 0 bridgehead atoms. The largest absolute Gasteiger partial charge is 0.497 e. The quantitative estimate of drug-likeness (QED) is 0.737. The Bertz CT molecular complexity index is 744. The van der Waals surface area contributed by atoms with Crippen molar-refractivity contribution in [2.45, 2.75) is 26.3 Å². The van der Waals surface area contributed by atoms with Crippen molar-refractivity contribution in [3.05, 3.63) is 39.8 Å². The van der Waals surface area contributed by atoms with Gasteiger partial charge in [0.05, 0.1) is 24.8 Å². The third-order valence-corrected chi connectivity index (χ3v) is 5.50. The summed E-state index contributed by atoms with van der Waals surface area (Å²) in [4.78, 5) is 21.0. The van der Waals surface area contributed by atoms with Crippen molar-refractivity contribution in [3.8, 4) is 11.5 Å². The van der Waals surface area contributed by atoms with Crippen molar-refractivity contribution in [1.29, 1.82) is 0 Å². The van der Waals surface area contributed by atoms with E-state index in [9.17, 15) is 4.79 Å². The molecule has 134 valence electrons. The number of Topliss-reactive ketones (excluding diaryl/α,β-unsaturated/α-hetero) is 1. The molecule has 5 nitrogen and oxygen atoms in total. The van der Waals surface area contributed by atoms with Gasteiger partial charge in [0.15, 0.2) is 5.78 Å². The first-order chi connectivity index (χ1) is 12.1. The number of hydrogen-bond donors (Lipinski definition) is 0. The lowest BCUT2D eigenvalue weighted by atomic mass is 9.89. The fraction of sp³-hybridized carbons (Fsp3) is 0.474. The maximum Gasteiger partial charge on any atom is 0.170 e. The van der Waals surface area contributed by atoms with Crippen molar-refractivity contribution in [2.24, 2.45) is 5.92 Å². The molecule has 0 amide bonds. The highest BCUT2D eigenvalue weighted by atomic mass is 32.1. The number of ketones is 1. The normalized spacial score (nSPS) is 18.1. The number of hydrogen-bond acceptors (Lipinski definition) is 6. The second-order valence-electron chi connectivity index (χ2n) is 6.35. The third kappa shape index (κ3) is 4.19. The summed E-state index contributed by atoms with van der Waals surface area (Å²) in [6, 6.07) is 5.40. The number of carbonyl (C=O) groups is 1. The van der Waals surface area contributed by atoms with Crippen molar-refractivity contribution in [3.63, 3.8) is 0 Å². The van der Waals surface area contributed by atoms with E-state index >= 15 is 0 Å². The summed E-state index contributed by atoms with van der Waals surface area (Å²) in [5, 5.41) is 1.09. The topological polar surface area (TPSA) is 51.7 Å². The molecule has 2 aromatic rings. The van der Waals surface area contributed by atoms with Gasteiger partial charge in [-0.05, 0) is 38.4 Å². The first-order valence-electron chi connectivity index (χ1n) is 8.50. The van der Waals surface area contributed by atoms with Gasteiger partial charge in [-0.15, -0.1) is 11.3 Å². The average molecular weight is 360 g/mol. The minimum atomic E-state index is 0.00469. The highest BCUT2D eigenvalue weighted by Gasteiger charge is 2.28. The predicted molar refractivity (Wildman–Crippen MR) is 98.7 cm³/mol. The van der Waals surface area contributed by atoms with Gasteiger partial charge >= 0.3 is 0 Å².